The average molecular weight is 173 g/mol. The largest absolute Gasteiger partial charge is 0.465 e. The predicted molar refractivity (Wildman–Crippen MR) is 44.0 cm³/mol. The Morgan fingerprint density at radius 2 is 2.25 bits per heavy atom. The van der Waals surface area contributed by atoms with Gasteiger partial charge in [-0.05, 0) is 26.7 Å². The number of hydrogen-bond acceptors (Lipinski definition) is 2. The fraction of sp³-hybridized carbons (Fsp3) is 0.875. The molecule has 1 atom stereocenters. The molecule has 1 saturated heterocycles. The van der Waals surface area contributed by atoms with E-state index in [1.54, 1.807) is 7.11 Å². The summed E-state index contributed by atoms with van der Waals surface area (Å²) in [6.07, 6.45) is 0.481. The van der Waals surface area contributed by atoms with Crippen molar-refractivity contribution in [2.24, 2.45) is 0 Å². The summed E-state index contributed by atoms with van der Waals surface area (Å²) >= 11 is 0. The number of rotatable bonds is 1. The normalized spacial score (nSPS) is 27.6. The maximum atomic E-state index is 10.8. The molecular weight excluding hydrogens is 158 g/mol. The van der Waals surface area contributed by atoms with Crippen molar-refractivity contribution in [1.82, 2.24) is 4.90 Å². The standard InChI is InChI=1S/C8H15NO3/c1-8(2)5-4-6(12-3)9(8)7(10)11/h6H,4-5H2,1-3H3,(H,10,11). The van der Waals surface area contributed by atoms with Crippen molar-refractivity contribution < 1.29 is 14.6 Å². The summed E-state index contributed by atoms with van der Waals surface area (Å²) in [4.78, 5) is 12.2. The van der Waals surface area contributed by atoms with Crippen LogP contribution in [0, 0.1) is 0 Å². The van der Waals surface area contributed by atoms with Gasteiger partial charge in [-0.2, -0.15) is 0 Å². The minimum atomic E-state index is -0.899. The average Bonchev–Trinajstić information content (AvgIpc) is 2.24. The molecule has 1 aliphatic rings. The van der Waals surface area contributed by atoms with E-state index in [1.807, 2.05) is 13.8 Å². The van der Waals surface area contributed by atoms with Crippen LogP contribution in [0.3, 0.4) is 0 Å². The highest BCUT2D eigenvalue weighted by Gasteiger charge is 2.42. The number of ether oxygens (including phenoxy) is 1. The monoisotopic (exact) mass is 173 g/mol. The molecule has 1 aliphatic heterocycles. The molecule has 4 heteroatoms. The molecule has 1 amide bonds. The summed E-state index contributed by atoms with van der Waals surface area (Å²) < 4.78 is 5.07. The summed E-state index contributed by atoms with van der Waals surface area (Å²) in [7, 11) is 1.54. The highest BCUT2D eigenvalue weighted by Crippen LogP contribution is 2.33. The van der Waals surface area contributed by atoms with Gasteiger partial charge in [0.1, 0.15) is 6.23 Å². The summed E-state index contributed by atoms with van der Waals surface area (Å²) in [5.74, 6) is 0. The van der Waals surface area contributed by atoms with Crippen molar-refractivity contribution in [2.45, 2.75) is 38.5 Å². The summed E-state index contributed by atoms with van der Waals surface area (Å²) in [5.41, 5.74) is -0.285. The second-order valence-corrected chi connectivity index (χ2v) is 3.69. The van der Waals surface area contributed by atoms with Gasteiger partial charge in [-0.1, -0.05) is 0 Å². The molecule has 0 aromatic rings. The van der Waals surface area contributed by atoms with Crippen LogP contribution in [0.1, 0.15) is 26.7 Å². The highest BCUT2D eigenvalue weighted by atomic mass is 16.5. The topological polar surface area (TPSA) is 49.8 Å². The zero-order valence-electron chi connectivity index (χ0n) is 7.70. The maximum Gasteiger partial charge on any atom is 0.409 e. The Kier molecular flexibility index (Phi) is 2.28. The van der Waals surface area contributed by atoms with Crippen LogP contribution in [0.15, 0.2) is 0 Å². The quantitative estimate of drug-likeness (QED) is 0.653. The molecule has 0 aliphatic carbocycles. The van der Waals surface area contributed by atoms with E-state index >= 15 is 0 Å². The Hall–Kier alpha value is -0.770. The van der Waals surface area contributed by atoms with Gasteiger partial charge in [-0.3, -0.25) is 4.90 Å². The molecule has 0 saturated carbocycles. The van der Waals surface area contributed by atoms with Crippen molar-refractivity contribution in [3.05, 3.63) is 0 Å². The number of likely N-dealkylation sites (tertiary alicyclic amines) is 1. The number of carbonyl (C=O) groups is 1. The minimum Gasteiger partial charge on any atom is -0.465 e. The van der Waals surface area contributed by atoms with Crippen molar-refractivity contribution >= 4 is 6.09 Å². The Labute approximate surface area is 72.1 Å². The molecular formula is C8H15NO3. The minimum absolute atomic E-state index is 0.266. The fourth-order valence-corrected chi connectivity index (χ4v) is 1.72. The first-order valence-corrected chi connectivity index (χ1v) is 4.04. The second kappa shape index (κ2) is 2.94. The van der Waals surface area contributed by atoms with Crippen LogP contribution in [0.4, 0.5) is 4.79 Å². The van der Waals surface area contributed by atoms with Crippen LogP contribution in [0.5, 0.6) is 0 Å². The van der Waals surface area contributed by atoms with Gasteiger partial charge >= 0.3 is 6.09 Å². The number of methoxy groups -OCH3 is 1. The molecule has 0 aromatic carbocycles. The fourth-order valence-electron chi connectivity index (χ4n) is 1.72. The van der Waals surface area contributed by atoms with Crippen LogP contribution < -0.4 is 0 Å². The third kappa shape index (κ3) is 1.39. The summed E-state index contributed by atoms with van der Waals surface area (Å²) in [5, 5.41) is 8.90. The third-order valence-corrected chi connectivity index (χ3v) is 2.42. The predicted octanol–water partition coefficient (Wildman–Crippen LogP) is 1.51. The Morgan fingerprint density at radius 3 is 2.58 bits per heavy atom. The first-order chi connectivity index (χ1) is 5.49. The van der Waals surface area contributed by atoms with E-state index in [0.717, 1.165) is 12.8 Å². The summed E-state index contributed by atoms with van der Waals surface area (Å²) in [6.45, 7) is 3.83. The molecule has 0 spiro atoms. The van der Waals surface area contributed by atoms with Crippen molar-refractivity contribution in [3.63, 3.8) is 0 Å². The molecule has 1 rings (SSSR count). The molecule has 1 unspecified atom stereocenters. The van der Waals surface area contributed by atoms with Gasteiger partial charge in [0.2, 0.25) is 0 Å². The van der Waals surface area contributed by atoms with E-state index in [9.17, 15) is 4.79 Å². The second-order valence-electron chi connectivity index (χ2n) is 3.69. The molecule has 1 fully saturated rings. The number of hydrogen-bond donors (Lipinski definition) is 1. The number of carboxylic acid groups (broad SMARTS) is 1. The lowest BCUT2D eigenvalue weighted by Gasteiger charge is -2.32. The van der Waals surface area contributed by atoms with Gasteiger partial charge in [-0.15, -0.1) is 0 Å². The van der Waals surface area contributed by atoms with Gasteiger partial charge < -0.3 is 9.84 Å². The van der Waals surface area contributed by atoms with Crippen LogP contribution in [-0.2, 0) is 4.74 Å². The van der Waals surface area contributed by atoms with Crippen LogP contribution in [-0.4, -0.2) is 35.0 Å². The van der Waals surface area contributed by atoms with Gasteiger partial charge in [0.25, 0.3) is 0 Å². The van der Waals surface area contributed by atoms with E-state index < -0.39 is 6.09 Å². The third-order valence-electron chi connectivity index (χ3n) is 2.42. The van der Waals surface area contributed by atoms with Crippen molar-refractivity contribution in [3.8, 4) is 0 Å². The molecule has 1 N–H and O–H groups in total. The lowest BCUT2D eigenvalue weighted by Crippen LogP contribution is -2.46. The van der Waals surface area contributed by atoms with Crippen molar-refractivity contribution in [1.29, 1.82) is 0 Å². The van der Waals surface area contributed by atoms with Gasteiger partial charge in [-0.25, -0.2) is 4.79 Å². The summed E-state index contributed by atoms with van der Waals surface area (Å²) in [6, 6.07) is 0. The molecule has 0 radical (unpaired) electrons. The van der Waals surface area contributed by atoms with E-state index in [1.165, 1.54) is 4.90 Å². The molecule has 1 heterocycles. The molecule has 0 aromatic heterocycles. The first kappa shape index (κ1) is 9.32. The lowest BCUT2D eigenvalue weighted by atomic mass is 10.0. The van der Waals surface area contributed by atoms with Crippen molar-refractivity contribution in [2.75, 3.05) is 7.11 Å². The lowest BCUT2D eigenvalue weighted by molar-refractivity contribution is -0.0248. The zero-order chi connectivity index (χ0) is 9.35. The smallest absolute Gasteiger partial charge is 0.409 e. The highest BCUT2D eigenvalue weighted by molar-refractivity contribution is 5.66. The van der Waals surface area contributed by atoms with E-state index in [2.05, 4.69) is 0 Å². The van der Waals surface area contributed by atoms with Crippen LogP contribution in [0.2, 0.25) is 0 Å². The molecule has 4 nitrogen and oxygen atoms in total. The number of amides is 1. The number of nitrogens with zero attached hydrogens (tertiary/aromatic N) is 1. The first-order valence-electron chi connectivity index (χ1n) is 4.04. The SMILES string of the molecule is COC1CCC(C)(C)N1C(=O)O. The Balaban J connectivity index is 2.80. The van der Waals surface area contributed by atoms with E-state index in [-0.39, 0.29) is 11.8 Å². The maximum absolute atomic E-state index is 10.8. The molecule has 70 valence electrons. The van der Waals surface area contributed by atoms with E-state index in [4.69, 9.17) is 9.84 Å². The van der Waals surface area contributed by atoms with Gasteiger partial charge in [0.05, 0.1) is 0 Å². The van der Waals surface area contributed by atoms with Crippen LogP contribution >= 0.6 is 0 Å². The van der Waals surface area contributed by atoms with Crippen LogP contribution in [0.25, 0.3) is 0 Å². The van der Waals surface area contributed by atoms with E-state index in [0.29, 0.717) is 0 Å². The van der Waals surface area contributed by atoms with Gasteiger partial charge in [0, 0.05) is 12.6 Å². The Bertz CT molecular complexity index is 191. The Morgan fingerprint density at radius 1 is 1.67 bits per heavy atom. The zero-order valence-corrected chi connectivity index (χ0v) is 7.70. The molecule has 12 heavy (non-hydrogen) atoms. The van der Waals surface area contributed by atoms with Gasteiger partial charge in [0.15, 0.2) is 0 Å². The molecule has 0 bridgehead atoms.